The summed E-state index contributed by atoms with van der Waals surface area (Å²) in [7, 11) is 1.60. The molecule has 0 spiro atoms. The molecule has 2 aromatic rings. The minimum atomic E-state index is -0.725. The van der Waals surface area contributed by atoms with Crippen molar-refractivity contribution in [1.29, 1.82) is 0 Å². The molecule has 4 atom stereocenters. The molecule has 0 unspecified atom stereocenters. The van der Waals surface area contributed by atoms with Gasteiger partial charge in [0.25, 0.3) is 0 Å². The van der Waals surface area contributed by atoms with E-state index < -0.39 is 17.9 Å². The van der Waals surface area contributed by atoms with Gasteiger partial charge in [-0.2, -0.15) is 0 Å². The Kier molecular flexibility index (Phi) is 5.41. The summed E-state index contributed by atoms with van der Waals surface area (Å²) in [6, 6.07) is 14.3. The number of para-hydroxylation sites is 1. The van der Waals surface area contributed by atoms with Gasteiger partial charge in [0.1, 0.15) is 6.04 Å². The Bertz CT molecular complexity index is 1150. The summed E-state index contributed by atoms with van der Waals surface area (Å²) < 4.78 is 5.11. The van der Waals surface area contributed by atoms with Gasteiger partial charge in [0, 0.05) is 37.1 Å². The number of rotatable bonds is 6. The van der Waals surface area contributed by atoms with Crippen molar-refractivity contribution in [2.45, 2.75) is 32.4 Å². The van der Waals surface area contributed by atoms with Gasteiger partial charge in [0.05, 0.1) is 17.9 Å². The SMILES string of the molecule is COCCCN1C(=O)[C@@H]2[C@H](C1=O)[C@H]1C=C(C)c3ccccc3N1[C@H]2C(=O)c1ccc(C)cc1. The quantitative estimate of drug-likeness (QED) is 0.388. The molecule has 0 aliphatic carbocycles. The number of aryl methyl sites for hydroxylation is 1. The fourth-order valence-corrected chi connectivity index (χ4v) is 5.64. The third-order valence-electron chi connectivity index (χ3n) is 7.18. The van der Waals surface area contributed by atoms with Crippen molar-refractivity contribution in [2.75, 3.05) is 25.2 Å². The Labute approximate surface area is 193 Å². The lowest BCUT2D eigenvalue weighted by atomic mass is 9.85. The number of fused-ring (bicyclic) bond motifs is 5. The van der Waals surface area contributed by atoms with Crippen LogP contribution in [0.3, 0.4) is 0 Å². The van der Waals surface area contributed by atoms with Crippen LogP contribution in [0.1, 0.15) is 34.8 Å². The van der Waals surface area contributed by atoms with Gasteiger partial charge in [0.2, 0.25) is 11.8 Å². The average Bonchev–Trinajstić information content (AvgIpc) is 3.28. The summed E-state index contributed by atoms with van der Waals surface area (Å²) in [5, 5.41) is 0. The van der Waals surface area contributed by atoms with Gasteiger partial charge in [-0.1, -0.05) is 54.1 Å². The second-order valence-corrected chi connectivity index (χ2v) is 9.17. The second-order valence-electron chi connectivity index (χ2n) is 9.17. The normalized spacial score (nSPS) is 25.6. The predicted octanol–water partition coefficient (Wildman–Crippen LogP) is 3.49. The second kappa shape index (κ2) is 8.27. The standard InChI is InChI=1S/C27H28N2O4/c1-16-9-11-18(12-10-16)25(30)24-23-22(26(31)28(27(23)32)13-6-14-33-3)21-15-17(2)19-7-4-5-8-20(19)29(21)24/h4-5,7-12,15,21-24H,6,13-14H2,1-3H3/t21-,22-,23-,24-/m1/s1. The van der Waals surface area contributed by atoms with E-state index in [1.54, 1.807) is 7.11 Å². The molecule has 2 fully saturated rings. The zero-order valence-corrected chi connectivity index (χ0v) is 19.2. The van der Waals surface area contributed by atoms with Crippen LogP contribution < -0.4 is 4.90 Å². The van der Waals surface area contributed by atoms with Crippen molar-refractivity contribution in [3.05, 3.63) is 71.3 Å². The number of methoxy groups -OCH3 is 1. The maximum atomic E-state index is 13.9. The van der Waals surface area contributed by atoms with E-state index >= 15 is 0 Å². The summed E-state index contributed by atoms with van der Waals surface area (Å²) >= 11 is 0. The van der Waals surface area contributed by atoms with E-state index in [9.17, 15) is 14.4 Å². The van der Waals surface area contributed by atoms with E-state index in [1.165, 1.54) is 4.90 Å². The highest BCUT2D eigenvalue weighted by Crippen LogP contribution is 2.50. The number of carbonyl (C=O) groups excluding carboxylic acids is 3. The number of benzene rings is 2. The number of carbonyl (C=O) groups is 3. The molecule has 0 saturated carbocycles. The molecule has 3 aliphatic heterocycles. The Balaban J connectivity index is 1.61. The maximum absolute atomic E-state index is 13.9. The third kappa shape index (κ3) is 3.32. The fraction of sp³-hybridized carbons (Fsp3) is 0.370. The molecule has 2 amide bonds. The molecule has 0 aromatic heterocycles. The number of likely N-dealkylation sites (tertiary alicyclic amines) is 1. The monoisotopic (exact) mass is 444 g/mol. The number of nitrogens with zero attached hydrogens (tertiary/aromatic N) is 2. The average molecular weight is 445 g/mol. The van der Waals surface area contributed by atoms with Crippen LogP contribution in [0.25, 0.3) is 5.57 Å². The first-order chi connectivity index (χ1) is 15.9. The molecule has 5 rings (SSSR count). The van der Waals surface area contributed by atoms with Gasteiger partial charge in [-0.15, -0.1) is 0 Å². The molecule has 6 nitrogen and oxygen atoms in total. The lowest BCUT2D eigenvalue weighted by Gasteiger charge is -2.38. The summed E-state index contributed by atoms with van der Waals surface area (Å²) in [5.74, 6) is -1.81. The van der Waals surface area contributed by atoms with Crippen LogP contribution in [-0.4, -0.2) is 54.8 Å². The highest BCUT2D eigenvalue weighted by molar-refractivity contribution is 6.14. The number of imide groups is 1. The highest BCUT2D eigenvalue weighted by Gasteiger charge is 2.64. The van der Waals surface area contributed by atoms with Crippen LogP contribution in [0.2, 0.25) is 0 Å². The highest BCUT2D eigenvalue weighted by atomic mass is 16.5. The van der Waals surface area contributed by atoms with E-state index in [0.29, 0.717) is 25.1 Å². The van der Waals surface area contributed by atoms with Crippen LogP contribution >= 0.6 is 0 Å². The molecule has 0 N–H and O–H groups in total. The van der Waals surface area contributed by atoms with Crippen molar-refractivity contribution >= 4 is 28.9 Å². The van der Waals surface area contributed by atoms with Gasteiger partial charge in [0.15, 0.2) is 5.78 Å². The molecule has 3 heterocycles. The Morgan fingerprint density at radius 3 is 2.39 bits per heavy atom. The first-order valence-electron chi connectivity index (χ1n) is 11.4. The maximum Gasteiger partial charge on any atom is 0.235 e. The minimum Gasteiger partial charge on any atom is -0.385 e. The Hall–Kier alpha value is -3.25. The van der Waals surface area contributed by atoms with E-state index in [0.717, 1.165) is 22.4 Å². The lowest BCUT2D eigenvalue weighted by Crippen LogP contribution is -2.49. The Morgan fingerprint density at radius 2 is 1.67 bits per heavy atom. The molecule has 0 bridgehead atoms. The number of ketones is 1. The molecule has 2 saturated heterocycles. The fourth-order valence-electron chi connectivity index (χ4n) is 5.64. The molecular weight excluding hydrogens is 416 g/mol. The molecule has 33 heavy (non-hydrogen) atoms. The molecule has 2 aromatic carbocycles. The minimum absolute atomic E-state index is 0.116. The van der Waals surface area contributed by atoms with Crippen molar-refractivity contribution < 1.29 is 19.1 Å². The van der Waals surface area contributed by atoms with Crippen LogP contribution in [-0.2, 0) is 14.3 Å². The third-order valence-corrected chi connectivity index (χ3v) is 7.18. The molecule has 0 radical (unpaired) electrons. The van der Waals surface area contributed by atoms with Crippen LogP contribution in [0, 0.1) is 18.8 Å². The first kappa shape index (κ1) is 21.6. The summed E-state index contributed by atoms with van der Waals surface area (Å²) in [6.45, 7) is 4.79. The number of hydrogen-bond acceptors (Lipinski definition) is 5. The molecule has 6 heteroatoms. The molecule has 3 aliphatic rings. The van der Waals surface area contributed by atoms with Gasteiger partial charge in [-0.25, -0.2) is 0 Å². The van der Waals surface area contributed by atoms with E-state index in [1.807, 2.05) is 67.3 Å². The van der Waals surface area contributed by atoms with Crippen molar-refractivity contribution in [3.63, 3.8) is 0 Å². The van der Waals surface area contributed by atoms with Gasteiger partial charge < -0.3 is 9.64 Å². The smallest absolute Gasteiger partial charge is 0.235 e. The predicted molar refractivity (Wildman–Crippen MR) is 126 cm³/mol. The summed E-state index contributed by atoms with van der Waals surface area (Å²) in [6.07, 6.45) is 2.64. The first-order valence-corrected chi connectivity index (χ1v) is 11.4. The number of anilines is 1. The zero-order chi connectivity index (χ0) is 23.3. The van der Waals surface area contributed by atoms with E-state index in [-0.39, 0.29) is 23.6 Å². The van der Waals surface area contributed by atoms with Gasteiger partial charge in [-0.3, -0.25) is 19.3 Å². The number of Topliss-reactive ketones (excluding diaryl/α,β-unsaturated/α-hetero) is 1. The number of allylic oxidation sites excluding steroid dienone is 1. The van der Waals surface area contributed by atoms with Crippen molar-refractivity contribution in [3.8, 4) is 0 Å². The van der Waals surface area contributed by atoms with E-state index in [2.05, 4.69) is 6.08 Å². The van der Waals surface area contributed by atoms with Crippen LogP contribution in [0.4, 0.5) is 5.69 Å². The summed E-state index contributed by atoms with van der Waals surface area (Å²) in [4.78, 5) is 44.4. The van der Waals surface area contributed by atoms with Crippen LogP contribution in [0.5, 0.6) is 0 Å². The number of hydrogen-bond donors (Lipinski definition) is 0. The van der Waals surface area contributed by atoms with E-state index in [4.69, 9.17) is 4.74 Å². The number of ether oxygens (including phenoxy) is 1. The topological polar surface area (TPSA) is 66.9 Å². The van der Waals surface area contributed by atoms with Crippen LogP contribution in [0.15, 0.2) is 54.6 Å². The Morgan fingerprint density at radius 1 is 0.970 bits per heavy atom. The zero-order valence-electron chi connectivity index (χ0n) is 19.2. The van der Waals surface area contributed by atoms with Gasteiger partial charge in [-0.05, 0) is 31.9 Å². The molecular formula is C27H28N2O4. The van der Waals surface area contributed by atoms with Crippen molar-refractivity contribution in [2.24, 2.45) is 11.8 Å². The lowest BCUT2D eigenvalue weighted by molar-refractivity contribution is -0.140. The molecule has 170 valence electrons. The number of amides is 2. The summed E-state index contributed by atoms with van der Waals surface area (Å²) in [5.41, 5.74) is 4.63. The largest absolute Gasteiger partial charge is 0.385 e. The van der Waals surface area contributed by atoms with Crippen molar-refractivity contribution in [1.82, 2.24) is 4.90 Å². The van der Waals surface area contributed by atoms with Gasteiger partial charge >= 0.3 is 0 Å².